The molecule has 2 aromatic heterocycles. The number of rotatable bonds is 7. The summed E-state index contributed by atoms with van der Waals surface area (Å²) in [6.45, 7) is 0.494. The van der Waals surface area contributed by atoms with Gasteiger partial charge in [0.25, 0.3) is 5.91 Å². The molecule has 4 aromatic rings. The van der Waals surface area contributed by atoms with E-state index in [2.05, 4.69) is 15.3 Å². The molecule has 0 spiro atoms. The lowest BCUT2D eigenvalue weighted by Crippen LogP contribution is -2.20. The van der Waals surface area contributed by atoms with Crippen molar-refractivity contribution in [2.24, 2.45) is 0 Å². The molecular weight excluding hydrogens is 428 g/mol. The number of fused-ring (bicyclic) bond motifs is 1. The predicted molar refractivity (Wildman–Crippen MR) is 129 cm³/mol. The Balaban J connectivity index is 1.55. The van der Waals surface area contributed by atoms with Crippen LogP contribution in [0, 0.1) is 0 Å². The van der Waals surface area contributed by atoms with Gasteiger partial charge in [-0.3, -0.25) is 9.78 Å². The molecule has 7 nitrogen and oxygen atoms in total. The molecular formula is C27H26N4O3. The molecule has 34 heavy (non-hydrogen) atoms. The van der Waals surface area contributed by atoms with E-state index >= 15 is 0 Å². The van der Waals surface area contributed by atoms with E-state index in [1.165, 1.54) is 0 Å². The second kappa shape index (κ2) is 9.79. The van der Waals surface area contributed by atoms with Crippen LogP contribution in [0.1, 0.15) is 46.1 Å². The molecule has 0 radical (unpaired) electrons. The molecule has 1 atom stereocenters. The Labute approximate surface area is 198 Å². The zero-order valence-corrected chi connectivity index (χ0v) is 18.7. The number of aryl methyl sites for hydroxylation is 1. The van der Waals surface area contributed by atoms with Crippen LogP contribution in [-0.2, 0) is 19.4 Å². The third-order valence-corrected chi connectivity index (χ3v) is 6.09. The van der Waals surface area contributed by atoms with Crippen molar-refractivity contribution in [2.45, 2.75) is 38.3 Å². The smallest absolute Gasteiger partial charge is 0.274 e. The molecule has 0 aliphatic heterocycles. The summed E-state index contributed by atoms with van der Waals surface area (Å²) in [4.78, 5) is 21.4. The second-order valence-electron chi connectivity index (χ2n) is 8.39. The highest BCUT2D eigenvalue weighted by Gasteiger charge is 2.26. The fraction of sp³-hybridized carbons (Fsp3) is 0.222. The zero-order valence-electron chi connectivity index (χ0n) is 18.7. The molecule has 0 bridgehead atoms. The molecule has 5 rings (SSSR count). The number of anilines is 1. The normalized spacial score (nSPS) is 13.6. The number of amides is 1. The fourth-order valence-corrected chi connectivity index (χ4v) is 4.40. The molecule has 0 unspecified atom stereocenters. The Kier molecular flexibility index (Phi) is 6.25. The summed E-state index contributed by atoms with van der Waals surface area (Å²) in [6.07, 6.45) is 10.2. The van der Waals surface area contributed by atoms with Crippen molar-refractivity contribution in [2.75, 3.05) is 5.32 Å². The third kappa shape index (κ3) is 4.64. The maximum atomic E-state index is 13.1. The van der Waals surface area contributed by atoms with Crippen LogP contribution in [0.2, 0.25) is 0 Å². The van der Waals surface area contributed by atoms with Gasteiger partial charge in [0.1, 0.15) is 11.8 Å². The Bertz CT molecular complexity index is 1260. The maximum absolute atomic E-state index is 13.1. The van der Waals surface area contributed by atoms with Crippen molar-refractivity contribution in [3.63, 3.8) is 0 Å². The van der Waals surface area contributed by atoms with Crippen molar-refractivity contribution in [3.8, 4) is 11.5 Å². The lowest BCUT2D eigenvalue weighted by molar-refractivity contribution is 0.102. The zero-order chi connectivity index (χ0) is 23.3. The van der Waals surface area contributed by atoms with E-state index in [1.54, 1.807) is 43.0 Å². The van der Waals surface area contributed by atoms with Crippen LogP contribution < -0.4 is 10.1 Å². The number of benzene rings is 2. The average molecular weight is 455 g/mol. The van der Waals surface area contributed by atoms with Crippen LogP contribution in [0.4, 0.5) is 5.69 Å². The van der Waals surface area contributed by atoms with Gasteiger partial charge in [0.2, 0.25) is 0 Å². The number of hydrogen-bond donors (Lipinski definition) is 2. The molecule has 0 fully saturated rings. The maximum Gasteiger partial charge on any atom is 0.274 e. The number of aromatic hydroxyl groups is 1. The number of carbonyl (C=O) groups excluding carboxylic acids is 1. The number of phenols is 1. The average Bonchev–Trinajstić information content (AvgIpc) is 3.39. The van der Waals surface area contributed by atoms with Gasteiger partial charge in [0.15, 0.2) is 11.5 Å². The van der Waals surface area contributed by atoms with Gasteiger partial charge in [-0.15, -0.1) is 0 Å². The van der Waals surface area contributed by atoms with E-state index in [-0.39, 0.29) is 17.4 Å². The number of imidazole rings is 1. The van der Waals surface area contributed by atoms with E-state index < -0.39 is 6.10 Å². The first-order valence-corrected chi connectivity index (χ1v) is 11.5. The number of ether oxygens (including phenoxy) is 1. The fourth-order valence-electron chi connectivity index (χ4n) is 4.40. The lowest BCUT2D eigenvalue weighted by atomic mass is 9.89. The highest BCUT2D eigenvalue weighted by atomic mass is 16.5. The first-order valence-electron chi connectivity index (χ1n) is 11.5. The van der Waals surface area contributed by atoms with Crippen LogP contribution >= 0.6 is 0 Å². The summed E-state index contributed by atoms with van der Waals surface area (Å²) in [6, 6.07) is 16.8. The van der Waals surface area contributed by atoms with Gasteiger partial charge >= 0.3 is 0 Å². The topological polar surface area (TPSA) is 89.3 Å². The number of pyridine rings is 1. The van der Waals surface area contributed by atoms with Gasteiger partial charge in [-0.25, -0.2) is 4.98 Å². The van der Waals surface area contributed by atoms with E-state index in [9.17, 15) is 9.90 Å². The first kappa shape index (κ1) is 21.7. The van der Waals surface area contributed by atoms with Gasteiger partial charge in [0.05, 0.1) is 18.6 Å². The molecule has 2 heterocycles. The van der Waals surface area contributed by atoms with Gasteiger partial charge < -0.3 is 19.7 Å². The SMILES string of the molecule is O=C(Nc1c2c(cc(O)c1O[C@H](Cn1ccnc1)c1ccccc1)CCCC2)c1ccccn1. The Hall–Kier alpha value is -4.13. The minimum atomic E-state index is -0.409. The predicted octanol–water partition coefficient (Wildman–Crippen LogP) is 4.94. The summed E-state index contributed by atoms with van der Waals surface area (Å²) in [7, 11) is 0. The first-order chi connectivity index (χ1) is 16.7. The Morgan fingerprint density at radius 3 is 2.68 bits per heavy atom. The largest absolute Gasteiger partial charge is 0.504 e. The van der Waals surface area contributed by atoms with E-state index in [0.717, 1.165) is 42.4 Å². The van der Waals surface area contributed by atoms with Crippen molar-refractivity contribution >= 4 is 11.6 Å². The number of carbonyl (C=O) groups is 1. The number of hydrogen-bond acceptors (Lipinski definition) is 5. The van der Waals surface area contributed by atoms with Gasteiger partial charge in [-0.2, -0.15) is 0 Å². The molecule has 2 N–H and O–H groups in total. The Morgan fingerprint density at radius 1 is 1.09 bits per heavy atom. The van der Waals surface area contributed by atoms with Crippen LogP contribution in [0.25, 0.3) is 0 Å². The van der Waals surface area contributed by atoms with Crippen LogP contribution in [0.3, 0.4) is 0 Å². The molecule has 1 aliphatic carbocycles. The monoisotopic (exact) mass is 454 g/mol. The second-order valence-corrected chi connectivity index (χ2v) is 8.39. The number of nitrogens with zero attached hydrogens (tertiary/aromatic N) is 3. The van der Waals surface area contributed by atoms with Crippen molar-refractivity contribution in [3.05, 3.63) is 102 Å². The number of aromatic nitrogens is 3. The van der Waals surface area contributed by atoms with Gasteiger partial charge in [-0.1, -0.05) is 36.4 Å². The summed E-state index contributed by atoms with van der Waals surface area (Å²) in [5.74, 6) is -0.0443. The molecule has 172 valence electrons. The van der Waals surface area contributed by atoms with Gasteiger partial charge in [-0.05, 0) is 60.6 Å². The Morgan fingerprint density at radius 2 is 1.91 bits per heavy atom. The quantitative estimate of drug-likeness (QED) is 0.413. The molecule has 2 aromatic carbocycles. The molecule has 0 saturated carbocycles. The molecule has 1 aliphatic rings. The third-order valence-electron chi connectivity index (χ3n) is 6.09. The summed E-state index contributed by atoms with van der Waals surface area (Å²) >= 11 is 0. The van der Waals surface area contributed by atoms with Crippen LogP contribution in [-0.4, -0.2) is 25.5 Å². The van der Waals surface area contributed by atoms with Gasteiger partial charge in [0, 0.05) is 18.6 Å². The highest BCUT2D eigenvalue weighted by Crippen LogP contribution is 2.44. The highest BCUT2D eigenvalue weighted by molar-refractivity contribution is 6.04. The molecule has 7 heteroatoms. The van der Waals surface area contributed by atoms with E-state index in [4.69, 9.17) is 4.74 Å². The molecule has 0 saturated heterocycles. The minimum absolute atomic E-state index is 0.0172. The standard InChI is InChI=1S/C27H26N4O3/c32-23-16-20-10-4-5-11-21(20)25(30-27(33)22-12-6-7-13-29-22)26(23)34-24(17-31-15-14-28-18-31)19-8-2-1-3-9-19/h1-3,6-9,12-16,18,24,32H,4-5,10-11,17H2,(H,30,33)/t24-/m1/s1. The molecule has 1 amide bonds. The van der Waals surface area contributed by atoms with Crippen molar-refractivity contribution in [1.29, 1.82) is 0 Å². The van der Waals surface area contributed by atoms with Crippen LogP contribution in [0.15, 0.2) is 79.5 Å². The van der Waals surface area contributed by atoms with Crippen molar-refractivity contribution < 1.29 is 14.6 Å². The summed E-state index contributed by atoms with van der Waals surface area (Å²) < 4.78 is 8.43. The van der Waals surface area contributed by atoms with E-state index in [1.807, 2.05) is 41.1 Å². The summed E-state index contributed by atoms with van der Waals surface area (Å²) in [5, 5.41) is 14.0. The minimum Gasteiger partial charge on any atom is -0.504 e. The number of nitrogens with one attached hydrogen (secondary N) is 1. The summed E-state index contributed by atoms with van der Waals surface area (Å²) in [5.41, 5.74) is 3.84. The number of phenolic OH excluding ortho intramolecular Hbond substituents is 1. The van der Waals surface area contributed by atoms with Crippen molar-refractivity contribution in [1.82, 2.24) is 14.5 Å². The lowest BCUT2D eigenvalue weighted by Gasteiger charge is -2.27. The van der Waals surface area contributed by atoms with E-state index in [0.29, 0.717) is 17.9 Å². The van der Waals surface area contributed by atoms with Crippen LogP contribution in [0.5, 0.6) is 11.5 Å².